The van der Waals surface area contributed by atoms with Crippen LogP contribution in [0.15, 0.2) is 18.5 Å². The maximum absolute atomic E-state index is 12.6. The number of aryl methyl sites for hydroxylation is 1. The van der Waals surface area contributed by atoms with Crippen molar-refractivity contribution in [3.05, 3.63) is 29.8 Å². The lowest BCUT2D eigenvalue weighted by atomic mass is 10.3. The molecular formula is C10H13ClF3N5. The highest BCUT2D eigenvalue weighted by atomic mass is 35.5. The number of nitrogens with one attached hydrogen (secondary N) is 1. The van der Waals surface area contributed by atoms with E-state index < -0.39 is 11.9 Å². The van der Waals surface area contributed by atoms with Gasteiger partial charge in [-0.3, -0.25) is 9.36 Å². The van der Waals surface area contributed by atoms with E-state index in [4.69, 9.17) is 0 Å². The Morgan fingerprint density at radius 3 is 2.53 bits per heavy atom. The van der Waals surface area contributed by atoms with Gasteiger partial charge in [0.1, 0.15) is 5.69 Å². The van der Waals surface area contributed by atoms with E-state index in [9.17, 15) is 13.2 Å². The highest BCUT2D eigenvalue weighted by Gasteiger charge is 2.34. The van der Waals surface area contributed by atoms with Crippen molar-refractivity contribution in [2.75, 3.05) is 12.4 Å². The van der Waals surface area contributed by atoms with E-state index in [1.807, 2.05) is 0 Å². The molecule has 2 aromatic rings. The van der Waals surface area contributed by atoms with E-state index in [-0.39, 0.29) is 19.0 Å². The zero-order chi connectivity index (χ0) is 13.3. The molecule has 0 aliphatic heterocycles. The monoisotopic (exact) mass is 295 g/mol. The van der Waals surface area contributed by atoms with Crippen molar-refractivity contribution in [3.8, 4) is 0 Å². The number of nitrogens with zero attached hydrogens (tertiary/aromatic N) is 4. The molecule has 5 nitrogen and oxygen atoms in total. The molecule has 9 heteroatoms. The van der Waals surface area contributed by atoms with Gasteiger partial charge in [-0.05, 0) is 6.07 Å². The predicted molar refractivity (Wildman–Crippen MR) is 66.3 cm³/mol. The molecule has 0 bridgehead atoms. The van der Waals surface area contributed by atoms with Gasteiger partial charge in [-0.15, -0.1) is 12.4 Å². The Hall–Kier alpha value is -1.70. The molecule has 0 spiro atoms. The van der Waals surface area contributed by atoms with E-state index in [1.54, 1.807) is 19.4 Å². The van der Waals surface area contributed by atoms with E-state index in [2.05, 4.69) is 15.5 Å². The molecule has 0 fully saturated rings. The van der Waals surface area contributed by atoms with Crippen LogP contribution in [0.3, 0.4) is 0 Å². The number of aromatic nitrogens is 4. The van der Waals surface area contributed by atoms with Crippen molar-refractivity contribution in [1.29, 1.82) is 0 Å². The molecule has 19 heavy (non-hydrogen) atoms. The molecule has 0 aliphatic rings. The molecule has 1 N–H and O–H groups in total. The lowest BCUT2D eigenvalue weighted by Gasteiger charge is -2.04. The normalized spacial score (nSPS) is 11.2. The Morgan fingerprint density at radius 1 is 1.37 bits per heavy atom. The molecule has 0 amide bonds. The molecule has 2 rings (SSSR count). The van der Waals surface area contributed by atoms with E-state index in [0.29, 0.717) is 5.69 Å². The van der Waals surface area contributed by atoms with Gasteiger partial charge in [-0.2, -0.15) is 23.4 Å². The Kier molecular flexibility index (Phi) is 4.46. The fourth-order valence-electron chi connectivity index (χ4n) is 1.61. The first-order valence-electron chi connectivity index (χ1n) is 5.20. The van der Waals surface area contributed by atoms with Gasteiger partial charge < -0.3 is 5.32 Å². The summed E-state index contributed by atoms with van der Waals surface area (Å²) >= 11 is 0. The van der Waals surface area contributed by atoms with Gasteiger partial charge in [-0.25, -0.2) is 0 Å². The zero-order valence-corrected chi connectivity index (χ0v) is 11.1. The topological polar surface area (TPSA) is 47.7 Å². The quantitative estimate of drug-likeness (QED) is 0.944. The first-order chi connectivity index (χ1) is 8.40. The Bertz CT molecular complexity index is 546. The molecule has 0 aliphatic carbocycles. The molecule has 0 unspecified atom stereocenters. The second-order valence-electron chi connectivity index (χ2n) is 3.82. The number of hydrogen-bond donors (Lipinski definition) is 1. The van der Waals surface area contributed by atoms with Crippen LogP contribution in [0.2, 0.25) is 0 Å². The van der Waals surface area contributed by atoms with Crippen molar-refractivity contribution < 1.29 is 13.2 Å². The van der Waals surface area contributed by atoms with Crippen LogP contribution in [-0.4, -0.2) is 26.6 Å². The van der Waals surface area contributed by atoms with E-state index >= 15 is 0 Å². The number of hydrogen-bond acceptors (Lipinski definition) is 3. The summed E-state index contributed by atoms with van der Waals surface area (Å²) in [7, 11) is 3.01. The van der Waals surface area contributed by atoms with Gasteiger partial charge in [0.05, 0.1) is 24.1 Å². The van der Waals surface area contributed by atoms with Crippen LogP contribution in [0.25, 0.3) is 0 Å². The third-order valence-electron chi connectivity index (χ3n) is 2.47. The molecule has 0 saturated carbocycles. The van der Waals surface area contributed by atoms with Crippen molar-refractivity contribution in [2.45, 2.75) is 12.7 Å². The third-order valence-corrected chi connectivity index (χ3v) is 2.47. The SMILES string of the molecule is CNc1cnn(Cc2cc(C(F)(F)F)n(C)n2)c1.Cl. The second-order valence-corrected chi connectivity index (χ2v) is 3.82. The van der Waals surface area contributed by atoms with Crippen LogP contribution in [-0.2, 0) is 19.8 Å². The minimum absolute atomic E-state index is 0. The highest BCUT2D eigenvalue weighted by Crippen LogP contribution is 2.29. The summed E-state index contributed by atoms with van der Waals surface area (Å²) in [5, 5.41) is 10.7. The number of alkyl halides is 3. The van der Waals surface area contributed by atoms with E-state index in [0.717, 1.165) is 16.4 Å². The molecule has 0 aromatic carbocycles. The molecule has 2 aromatic heterocycles. The number of rotatable bonds is 3. The van der Waals surface area contributed by atoms with Crippen molar-refractivity contribution in [3.63, 3.8) is 0 Å². The maximum atomic E-state index is 12.6. The summed E-state index contributed by atoms with van der Waals surface area (Å²) in [5.41, 5.74) is 0.344. The summed E-state index contributed by atoms with van der Waals surface area (Å²) in [4.78, 5) is 0. The van der Waals surface area contributed by atoms with Crippen LogP contribution in [0.5, 0.6) is 0 Å². The second kappa shape index (κ2) is 5.52. The van der Waals surface area contributed by atoms with Crippen LogP contribution in [0, 0.1) is 0 Å². The van der Waals surface area contributed by atoms with Gasteiger partial charge in [0.25, 0.3) is 0 Å². The van der Waals surface area contributed by atoms with Gasteiger partial charge in [0.2, 0.25) is 0 Å². The largest absolute Gasteiger partial charge is 0.433 e. The molecule has 2 heterocycles. The van der Waals surface area contributed by atoms with Gasteiger partial charge >= 0.3 is 6.18 Å². The van der Waals surface area contributed by atoms with Crippen LogP contribution in [0.4, 0.5) is 18.9 Å². The predicted octanol–water partition coefficient (Wildman–Crippen LogP) is 2.15. The fourth-order valence-corrected chi connectivity index (χ4v) is 1.61. The van der Waals surface area contributed by atoms with Gasteiger partial charge in [0.15, 0.2) is 0 Å². The summed E-state index contributed by atoms with van der Waals surface area (Å²) in [6.45, 7) is 0.200. The smallest absolute Gasteiger partial charge is 0.386 e. The Morgan fingerprint density at radius 2 is 2.05 bits per heavy atom. The molecule has 106 valence electrons. The minimum Gasteiger partial charge on any atom is -0.386 e. The maximum Gasteiger partial charge on any atom is 0.433 e. The third kappa shape index (κ3) is 3.40. The standard InChI is InChI=1S/C10H12F3N5.ClH/c1-14-8-4-15-18(6-8)5-7-3-9(10(11,12)13)17(2)16-7;/h3-4,6,14H,5H2,1-2H3;1H. The number of anilines is 1. The van der Waals surface area contributed by atoms with Crippen molar-refractivity contribution >= 4 is 18.1 Å². The molecule has 0 saturated heterocycles. The average Bonchev–Trinajstić information content (AvgIpc) is 2.84. The zero-order valence-electron chi connectivity index (χ0n) is 10.3. The fraction of sp³-hybridized carbons (Fsp3) is 0.400. The molecular weight excluding hydrogens is 283 g/mol. The highest BCUT2D eigenvalue weighted by molar-refractivity contribution is 5.85. The van der Waals surface area contributed by atoms with E-state index in [1.165, 1.54) is 11.7 Å². The van der Waals surface area contributed by atoms with Crippen LogP contribution >= 0.6 is 12.4 Å². The van der Waals surface area contributed by atoms with Crippen LogP contribution < -0.4 is 5.32 Å². The minimum atomic E-state index is -4.39. The first-order valence-corrected chi connectivity index (χ1v) is 5.20. The lowest BCUT2D eigenvalue weighted by molar-refractivity contribution is -0.143. The number of halogens is 4. The molecule has 0 radical (unpaired) electrons. The Balaban J connectivity index is 0.00000180. The Labute approximate surface area is 113 Å². The van der Waals surface area contributed by atoms with Crippen LogP contribution in [0.1, 0.15) is 11.4 Å². The summed E-state index contributed by atoms with van der Waals surface area (Å²) in [6, 6.07) is 1.03. The van der Waals surface area contributed by atoms with Gasteiger partial charge in [-0.1, -0.05) is 0 Å². The average molecular weight is 296 g/mol. The first kappa shape index (κ1) is 15.4. The summed E-state index contributed by atoms with van der Waals surface area (Å²) in [6.07, 6.45) is -1.10. The molecule has 0 atom stereocenters. The lowest BCUT2D eigenvalue weighted by Crippen LogP contribution is -2.11. The van der Waals surface area contributed by atoms with Crippen molar-refractivity contribution in [1.82, 2.24) is 19.6 Å². The van der Waals surface area contributed by atoms with Gasteiger partial charge in [0, 0.05) is 20.3 Å². The van der Waals surface area contributed by atoms with Crippen molar-refractivity contribution in [2.24, 2.45) is 7.05 Å². The summed E-state index contributed by atoms with van der Waals surface area (Å²) in [5.74, 6) is 0. The summed E-state index contributed by atoms with van der Waals surface area (Å²) < 4.78 is 40.1.